The van der Waals surface area contributed by atoms with Gasteiger partial charge in [-0.25, -0.2) is 0 Å². The molecule has 2 unspecified atom stereocenters. The zero-order valence-corrected chi connectivity index (χ0v) is 15.4. The lowest BCUT2D eigenvalue weighted by molar-refractivity contribution is -0.171. The molecular formula is C17H33ClN2O2. The van der Waals surface area contributed by atoms with E-state index in [1.54, 1.807) is 0 Å². The molecule has 0 saturated heterocycles. The standard InChI is InChI=1S/C17H32N2O2.ClH/c1-5-8-16(9-7-10-16)12-19-14(20)17(18)11-13(21-6-2)15(17,3)4;/h13H,5-12,18H2,1-4H3,(H,19,20);1H. The number of carbonyl (C=O) groups excluding carboxylic acids is 1. The maximum Gasteiger partial charge on any atom is 0.240 e. The summed E-state index contributed by atoms with van der Waals surface area (Å²) in [7, 11) is 0. The van der Waals surface area contributed by atoms with E-state index in [1.807, 2.05) is 20.8 Å². The van der Waals surface area contributed by atoms with Crippen LogP contribution >= 0.6 is 12.4 Å². The van der Waals surface area contributed by atoms with Crippen LogP contribution in [-0.2, 0) is 9.53 Å². The third kappa shape index (κ3) is 3.15. The van der Waals surface area contributed by atoms with Crippen LogP contribution in [0.1, 0.15) is 66.2 Å². The highest BCUT2D eigenvalue weighted by molar-refractivity contribution is 5.88. The molecule has 2 rings (SSSR count). The summed E-state index contributed by atoms with van der Waals surface area (Å²) in [5.41, 5.74) is 5.67. The van der Waals surface area contributed by atoms with Crippen LogP contribution in [0.5, 0.6) is 0 Å². The van der Waals surface area contributed by atoms with Gasteiger partial charge in [-0.15, -0.1) is 12.4 Å². The van der Waals surface area contributed by atoms with Crippen molar-refractivity contribution in [1.82, 2.24) is 5.32 Å². The third-order valence-corrected chi connectivity index (χ3v) is 6.05. The summed E-state index contributed by atoms with van der Waals surface area (Å²) in [6, 6.07) is 0. The topological polar surface area (TPSA) is 64.4 Å². The van der Waals surface area contributed by atoms with Crippen molar-refractivity contribution in [2.45, 2.75) is 77.9 Å². The Hall–Kier alpha value is -0.320. The van der Waals surface area contributed by atoms with Crippen LogP contribution in [-0.4, -0.2) is 30.7 Å². The second kappa shape index (κ2) is 7.06. The van der Waals surface area contributed by atoms with Crippen LogP contribution in [0.15, 0.2) is 0 Å². The van der Waals surface area contributed by atoms with Gasteiger partial charge in [-0.2, -0.15) is 0 Å². The molecule has 3 N–H and O–H groups in total. The normalized spacial score (nSPS) is 31.4. The number of nitrogens with one attached hydrogen (secondary N) is 1. The quantitative estimate of drug-likeness (QED) is 0.753. The molecule has 2 fully saturated rings. The lowest BCUT2D eigenvalue weighted by atomic mass is 9.54. The number of carbonyl (C=O) groups is 1. The van der Waals surface area contributed by atoms with Gasteiger partial charge in [0.25, 0.3) is 0 Å². The van der Waals surface area contributed by atoms with E-state index < -0.39 is 5.54 Å². The first-order valence-electron chi connectivity index (χ1n) is 8.50. The molecule has 130 valence electrons. The summed E-state index contributed by atoms with van der Waals surface area (Å²) in [6.45, 7) is 9.74. The molecule has 0 bridgehead atoms. The maximum absolute atomic E-state index is 12.6. The van der Waals surface area contributed by atoms with Crippen molar-refractivity contribution in [2.75, 3.05) is 13.2 Å². The van der Waals surface area contributed by atoms with Crippen LogP contribution in [0.3, 0.4) is 0 Å². The van der Waals surface area contributed by atoms with Gasteiger partial charge in [0.1, 0.15) is 5.54 Å². The van der Waals surface area contributed by atoms with E-state index in [0.29, 0.717) is 18.4 Å². The Kier molecular flexibility index (Phi) is 6.33. The molecule has 2 atom stereocenters. The fourth-order valence-corrected chi connectivity index (χ4v) is 3.97. The number of hydrogen-bond acceptors (Lipinski definition) is 3. The minimum absolute atomic E-state index is 0. The molecule has 4 nitrogen and oxygen atoms in total. The van der Waals surface area contributed by atoms with Gasteiger partial charge in [-0.05, 0) is 31.6 Å². The molecular weight excluding hydrogens is 300 g/mol. The molecule has 2 aliphatic carbocycles. The van der Waals surface area contributed by atoms with Crippen LogP contribution in [0.4, 0.5) is 0 Å². The van der Waals surface area contributed by atoms with E-state index in [1.165, 1.54) is 32.1 Å². The zero-order chi connectivity index (χ0) is 15.7. The van der Waals surface area contributed by atoms with E-state index >= 15 is 0 Å². The molecule has 0 aromatic carbocycles. The number of ether oxygens (including phenoxy) is 1. The van der Waals surface area contributed by atoms with Crippen molar-refractivity contribution >= 4 is 18.3 Å². The first-order valence-corrected chi connectivity index (χ1v) is 8.50. The molecule has 2 aliphatic rings. The zero-order valence-electron chi connectivity index (χ0n) is 14.5. The van der Waals surface area contributed by atoms with Gasteiger partial charge in [-0.1, -0.05) is 33.6 Å². The average molecular weight is 333 g/mol. The molecule has 0 radical (unpaired) electrons. The Morgan fingerprint density at radius 3 is 2.36 bits per heavy atom. The summed E-state index contributed by atoms with van der Waals surface area (Å²) < 4.78 is 5.70. The Morgan fingerprint density at radius 1 is 1.32 bits per heavy atom. The first-order chi connectivity index (χ1) is 9.81. The largest absolute Gasteiger partial charge is 0.378 e. The summed E-state index contributed by atoms with van der Waals surface area (Å²) in [5.74, 6) is 0.00540. The first kappa shape index (κ1) is 19.7. The van der Waals surface area contributed by atoms with Gasteiger partial charge in [0.05, 0.1) is 6.10 Å². The van der Waals surface area contributed by atoms with Crippen LogP contribution in [0.2, 0.25) is 0 Å². The van der Waals surface area contributed by atoms with E-state index in [2.05, 4.69) is 12.2 Å². The summed E-state index contributed by atoms with van der Waals surface area (Å²) in [4.78, 5) is 12.6. The Balaban J connectivity index is 0.00000242. The molecule has 1 amide bonds. The predicted molar refractivity (Wildman–Crippen MR) is 92.2 cm³/mol. The minimum Gasteiger partial charge on any atom is -0.378 e. The van der Waals surface area contributed by atoms with E-state index in [-0.39, 0.29) is 29.8 Å². The highest BCUT2D eigenvalue weighted by atomic mass is 35.5. The van der Waals surface area contributed by atoms with Gasteiger partial charge in [0, 0.05) is 25.0 Å². The predicted octanol–water partition coefficient (Wildman–Crippen LogP) is 3.03. The monoisotopic (exact) mass is 332 g/mol. The van der Waals surface area contributed by atoms with Crippen molar-refractivity contribution in [1.29, 1.82) is 0 Å². The molecule has 0 aromatic heterocycles. The summed E-state index contributed by atoms with van der Waals surface area (Å²) >= 11 is 0. The SMILES string of the molecule is CCCC1(CNC(=O)C2(N)CC(OCC)C2(C)C)CCC1.Cl. The van der Waals surface area contributed by atoms with Gasteiger partial charge in [0.15, 0.2) is 0 Å². The summed E-state index contributed by atoms with van der Waals surface area (Å²) in [6.07, 6.45) is 6.87. The number of amides is 1. The van der Waals surface area contributed by atoms with Crippen molar-refractivity contribution in [3.63, 3.8) is 0 Å². The molecule has 2 saturated carbocycles. The van der Waals surface area contributed by atoms with Gasteiger partial charge in [0.2, 0.25) is 5.91 Å². The molecule has 0 aromatic rings. The fraction of sp³-hybridized carbons (Fsp3) is 0.941. The van der Waals surface area contributed by atoms with Crippen molar-refractivity contribution in [3.8, 4) is 0 Å². The average Bonchev–Trinajstić information content (AvgIpc) is 2.40. The lowest BCUT2D eigenvalue weighted by Crippen LogP contribution is -2.76. The lowest BCUT2D eigenvalue weighted by Gasteiger charge is -2.58. The van der Waals surface area contributed by atoms with Gasteiger partial charge >= 0.3 is 0 Å². The van der Waals surface area contributed by atoms with Crippen LogP contribution in [0.25, 0.3) is 0 Å². The Bertz CT molecular complexity index is 396. The molecule has 22 heavy (non-hydrogen) atoms. The maximum atomic E-state index is 12.6. The van der Waals surface area contributed by atoms with Crippen molar-refractivity contribution < 1.29 is 9.53 Å². The van der Waals surface area contributed by atoms with Crippen LogP contribution in [0, 0.1) is 10.8 Å². The van der Waals surface area contributed by atoms with Gasteiger partial charge < -0.3 is 15.8 Å². The second-order valence-corrected chi connectivity index (χ2v) is 7.63. The second-order valence-electron chi connectivity index (χ2n) is 7.63. The molecule has 0 heterocycles. The molecule has 0 aliphatic heterocycles. The number of rotatable bonds is 7. The summed E-state index contributed by atoms with van der Waals surface area (Å²) in [5, 5.41) is 3.15. The number of hydrogen-bond donors (Lipinski definition) is 2. The van der Waals surface area contributed by atoms with Crippen LogP contribution < -0.4 is 11.1 Å². The Morgan fingerprint density at radius 2 is 1.95 bits per heavy atom. The molecule has 0 spiro atoms. The highest BCUT2D eigenvalue weighted by Crippen LogP contribution is 2.50. The van der Waals surface area contributed by atoms with Crippen molar-refractivity contribution in [3.05, 3.63) is 0 Å². The smallest absolute Gasteiger partial charge is 0.240 e. The molecule has 5 heteroatoms. The van der Waals surface area contributed by atoms with E-state index in [9.17, 15) is 4.79 Å². The van der Waals surface area contributed by atoms with E-state index in [4.69, 9.17) is 10.5 Å². The number of nitrogens with two attached hydrogens (primary N) is 1. The Labute approximate surface area is 141 Å². The fourth-order valence-electron chi connectivity index (χ4n) is 3.97. The third-order valence-electron chi connectivity index (χ3n) is 6.05. The van der Waals surface area contributed by atoms with E-state index in [0.717, 1.165) is 6.54 Å². The highest BCUT2D eigenvalue weighted by Gasteiger charge is 2.62. The van der Waals surface area contributed by atoms with Crippen molar-refractivity contribution in [2.24, 2.45) is 16.6 Å². The van der Waals surface area contributed by atoms with Gasteiger partial charge in [-0.3, -0.25) is 4.79 Å². The number of halogens is 1. The minimum atomic E-state index is -0.788.